The lowest BCUT2D eigenvalue weighted by atomic mass is 9.75. The molecule has 21 heavy (non-hydrogen) atoms. The van der Waals surface area contributed by atoms with Gasteiger partial charge < -0.3 is 10.5 Å². The van der Waals surface area contributed by atoms with E-state index >= 15 is 0 Å². The molecule has 1 fully saturated rings. The molecule has 3 heteroatoms. The number of ether oxygens (including phenoxy) is 1. The molecule has 0 radical (unpaired) electrons. The van der Waals surface area contributed by atoms with Gasteiger partial charge in [-0.05, 0) is 68.3 Å². The second-order valence-electron chi connectivity index (χ2n) is 6.92. The number of hydrogen-bond acceptors (Lipinski definition) is 3. The Balaban J connectivity index is 1.79. The summed E-state index contributed by atoms with van der Waals surface area (Å²) in [5, 5.41) is 0. The van der Waals surface area contributed by atoms with Crippen molar-refractivity contribution in [3.63, 3.8) is 0 Å². The van der Waals surface area contributed by atoms with Gasteiger partial charge in [-0.25, -0.2) is 0 Å². The molecular formula is C18H28N2O. The highest BCUT2D eigenvalue weighted by Crippen LogP contribution is 2.36. The first-order valence-corrected chi connectivity index (χ1v) is 8.24. The fourth-order valence-corrected chi connectivity index (χ4v) is 3.86. The number of hydrogen-bond donors (Lipinski definition) is 1. The molecule has 2 aliphatic carbocycles. The molecule has 0 saturated heterocycles. The molecule has 0 heterocycles. The van der Waals surface area contributed by atoms with E-state index in [1.807, 2.05) is 0 Å². The molecule has 3 nitrogen and oxygen atoms in total. The maximum Gasteiger partial charge on any atom is 0.119 e. The zero-order valence-corrected chi connectivity index (χ0v) is 13.4. The molecular weight excluding hydrogens is 260 g/mol. The minimum Gasteiger partial charge on any atom is -0.497 e. The Morgan fingerprint density at radius 2 is 2.14 bits per heavy atom. The summed E-state index contributed by atoms with van der Waals surface area (Å²) < 4.78 is 5.39. The summed E-state index contributed by atoms with van der Waals surface area (Å²) >= 11 is 0. The van der Waals surface area contributed by atoms with Gasteiger partial charge in [0.1, 0.15) is 5.75 Å². The Morgan fingerprint density at radius 3 is 2.76 bits per heavy atom. The fourth-order valence-electron chi connectivity index (χ4n) is 3.86. The van der Waals surface area contributed by atoms with Crippen molar-refractivity contribution in [2.24, 2.45) is 11.7 Å². The topological polar surface area (TPSA) is 38.5 Å². The van der Waals surface area contributed by atoms with Crippen LogP contribution in [0, 0.1) is 5.92 Å². The molecule has 3 rings (SSSR count). The van der Waals surface area contributed by atoms with Crippen LogP contribution in [0.25, 0.3) is 0 Å². The van der Waals surface area contributed by atoms with Gasteiger partial charge in [0.2, 0.25) is 0 Å². The molecule has 0 aliphatic heterocycles. The first kappa shape index (κ1) is 14.9. The van der Waals surface area contributed by atoms with E-state index < -0.39 is 0 Å². The number of fused-ring (bicyclic) bond motifs is 1. The van der Waals surface area contributed by atoms with Crippen molar-refractivity contribution in [1.29, 1.82) is 0 Å². The van der Waals surface area contributed by atoms with Crippen LogP contribution in [0.5, 0.6) is 5.75 Å². The first-order valence-electron chi connectivity index (χ1n) is 8.24. The van der Waals surface area contributed by atoms with Gasteiger partial charge in [0.25, 0.3) is 0 Å². The molecule has 0 bridgehead atoms. The predicted molar refractivity (Wildman–Crippen MR) is 86.8 cm³/mol. The van der Waals surface area contributed by atoms with Crippen LogP contribution >= 0.6 is 0 Å². The molecule has 2 N–H and O–H groups in total. The van der Waals surface area contributed by atoms with E-state index in [-0.39, 0.29) is 5.54 Å². The largest absolute Gasteiger partial charge is 0.497 e. The Labute approximate surface area is 128 Å². The van der Waals surface area contributed by atoms with E-state index in [1.165, 1.54) is 43.4 Å². The van der Waals surface area contributed by atoms with E-state index in [0.29, 0.717) is 0 Å². The van der Waals surface area contributed by atoms with Crippen molar-refractivity contribution in [2.75, 3.05) is 27.2 Å². The Bertz CT molecular complexity index is 498. The molecule has 1 aromatic carbocycles. The van der Waals surface area contributed by atoms with Crippen molar-refractivity contribution in [1.82, 2.24) is 4.90 Å². The lowest BCUT2D eigenvalue weighted by Crippen LogP contribution is -2.57. The highest BCUT2D eigenvalue weighted by atomic mass is 16.5. The Morgan fingerprint density at radius 1 is 1.33 bits per heavy atom. The van der Waals surface area contributed by atoms with Gasteiger partial charge in [-0.3, -0.25) is 4.90 Å². The van der Waals surface area contributed by atoms with Crippen molar-refractivity contribution < 1.29 is 4.74 Å². The van der Waals surface area contributed by atoms with Crippen LogP contribution in [-0.4, -0.2) is 37.7 Å². The van der Waals surface area contributed by atoms with Crippen LogP contribution in [0.4, 0.5) is 0 Å². The van der Waals surface area contributed by atoms with E-state index in [0.717, 1.165) is 31.1 Å². The monoisotopic (exact) mass is 288 g/mol. The predicted octanol–water partition coefficient (Wildman–Crippen LogP) is 2.61. The Kier molecular flexibility index (Phi) is 4.23. The summed E-state index contributed by atoms with van der Waals surface area (Å²) in [4.78, 5) is 2.55. The van der Waals surface area contributed by atoms with Crippen molar-refractivity contribution >= 4 is 0 Å². The summed E-state index contributed by atoms with van der Waals surface area (Å²) in [6.45, 7) is 1.95. The molecule has 1 aromatic rings. The number of likely N-dealkylation sites (N-methyl/N-ethyl adjacent to an activating group) is 1. The third-order valence-corrected chi connectivity index (χ3v) is 5.74. The fraction of sp³-hybridized carbons (Fsp3) is 0.667. The SMILES string of the molecule is COc1ccc2c(c1)CC(CN)(N(C)CC1CCC1)CC2. The van der Waals surface area contributed by atoms with E-state index in [1.54, 1.807) is 7.11 Å². The second kappa shape index (κ2) is 5.98. The van der Waals surface area contributed by atoms with Crippen molar-refractivity contribution in [2.45, 2.75) is 44.1 Å². The third kappa shape index (κ3) is 2.82. The number of benzene rings is 1. The molecule has 0 aromatic heterocycles. The van der Waals surface area contributed by atoms with Crippen LogP contribution in [0.15, 0.2) is 18.2 Å². The maximum absolute atomic E-state index is 6.23. The molecule has 1 saturated carbocycles. The van der Waals surface area contributed by atoms with Crippen molar-refractivity contribution in [3.05, 3.63) is 29.3 Å². The van der Waals surface area contributed by atoms with E-state index in [4.69, 9.17) is 10.5 Å². The lowest BCUT2D eigenvalue weighted by Gasteiger charge is -2.47. The summed E-state index contributed by atoms with van der Waals surface area (Å²) in [6, 6.07) is 6.50. The third-order valence-electron chi connectivity index (χ3n) is 5.74. The molecule has 1 unspecified atom stereocenters. The normalized spacial score (nSPS) is 25.5. The van der Waals surface area contributed by atoms with Crippen LogP contribution in [0.1, 0.15) is 36.8 Å². The maximum atomic E-state index is 6.23. The van der Waals surface area contributed by atoms with Gasteiger partial charge in [-0.1, -0.05) is 12.5 Å². The first-order chi connectivity index (χ1) is 10.2. The molecule has 0 amide bonds. The van der Waals surface area contributed by atoms with Gasteiger partial charge in [0, 0.05) is 18.6 Å². The summed E-state index contributed by atoms with van der Waals surface area (Å²) in [7, 11) is 4.01. The van der Waals surface area contributed by atoms with Gasteiger partial charge in [-0.2, -0.15) is 0 Å². The Hall–Kier alpha value is -1.06. The number of rotatable bonds is 5. The van der Waals surface area contributed by atoms with E-state index in [2.05, 4.69) is 30.1 Å². The van der Waals surface area contributed by atoms with Gasteiger partial charge >= 0.3 is 0 Å². The zero-order chi connectivity index (χ0) is 14.9. The van der Waals surface area contributed by atoms with Gasteiger partial charge in [0.05, 0.1) is 7.11 Å². The number of aryl methyl sites for hydroxylation is 1. The van der Waals surface area contributed by atoms with Crippen LogP contribution in [0.2, 0.25) is 0 Å². The quantitative estimate of drug-likeness (QED) is 0.905. The molecule has 0 spiro atoms. The summed E-state index contributed by atoms with van der Waals surface area (Å²) in [6.07, 6.45) is 7.57. The van der Waals surface area contributed by atoms with Gasteiger partial charge in [0.15, 0.2) is 0 Å². The summed E-state index contributed by atoms with van der Waals surface area (Å²) in [5.41, 5.74) is 9.26. The standard InChI is InChI=1S/C18H28N2O/c1-20(12-14-4-3-5-14)18(13-19)9-8-15-6-7-17(21-2)10-16(15)11-18/h6-7,10,14H,3-5,8-9,11-13,19H2,1-2H3. The van der Waals surface area contributed by atoms with Crippen molar-refractivity contribution in [3.8, 4) is 5.75 Å². The van der Waals surface area contributed by atoms with Crippen LogP contribution in [-0.2, 0) is 12.8 Å². The minimum absolute atomic E-state index is 0.134. The second-order valence-corrected chi connectivity index (χ2v) is 6.92. The molecule has 2 aliphatic rings. The molecule has 1 atom stereocenters. The van der Waals surface area contributed by atoms with E-state index in [9.17, 15) is 0 Å². The zero-order valence-electron chi connectivity index (χ0n) is 13.4. The summed E-state index contributed by atoms with van der Waals surface area (Å²) in [5.74, 6) is 1.85. The smallest absolute Gasteiger partial charge is 0.119 e. The average Bonchev–Trinajstić information content (AvgIpc) is 2.49. The highest BCUT2D eigenvalue weighted by molar-refractivity contribution is 5.39. The number of nitrogens with zero attached hydrogens (tertiary/aromatic N) is 1. The lowest BCUT2D eigenvalue weighted by molar-refractivity contribution is 0.0726. The average molecular weight is 288 g/mol. The highest BCUT2D eigenvalue weighted by Gasteiger charge is 2.38. The number of methoxy groups -OCH3 is 1. The number of nitrogens with two attached hydrogens (primary N) is 1. The van der Waals surface area contributed by atoms with Gasteiger partial charge in [-0.15, -0.1) is 0 Å². The minimum atomic E-state index is 0.134. The van der Waals surface area contributed by atoms with Crippen LogP contribution in [0.3, 0.4) is 0 Å². The molecule has 116 valence electrons. The van der Waals surface area contributed by atoms with Crippen LogP contribution < -0.4 is 10.5 Å².